The highest BCUT2D eigenvalue weighted by Crippen LogP contribution is 2.18. The van der Waals surface area contributed by atoms with Crippen molar-refractivity contribution in [3.05, 3.63) is 35.4 Å². The van der Waals surface area contributed by atoms with Gasteiger partial charge in [-0.25, -0.2) is 4.21 Å². The minimum Gasteiger partial charge on any atom is -0.358 e. The van der Waals surface area contributed by atoms with Gasteiger partial charge in [-0.05, 0) is 11.1 Å². The third kappa shape index (κ3) is 2.85. The maximum atomic E-state index is 10.6. The molecule has 0 saturated carbocycles. The van der Waals surface area contributed by atoms with Gasteiger partial charge >= 0.3 is 0 Å². The number of benzene rings is 1. The van der Waals surface area contributed by atoms with Gasteiger partial charge in [0.1, 0.15) is 6.23 Å². The van der Waals surface area contributed by atoms with Crippen molar-refractivity contribution in [3.63, 3.8) is 0 Å². The molecule has 2 rings (SSSR count). The van der Waals surface area contributed by atoms with Crippen molar-refractivity contribution in [3.8, 4) is 0 Å². The highest BCUT2D eigenvalue weighted by atomic mass is 32.2. The van der Waals surface area contributed by atoms with Crippen molar-refractivity contribution in [2.24, 2.45) is 0 Å². The molecule has 0 spiro atoms. The zero-order valence-electron chi connectivity index (χ0n) is 8.18. The first-order valence-corrected chi connectivity index (χ1v) is 6.04. The summed E-state index contributed by atoms with van der Waals surface area (Å²) < 4.78 is 24.7. The van der Waals surface area contributed by atoms with Crippen molar-refractivity contribution in [2.45, 2.75) is 12.0 Å². The summed E-state index contributed by atoms with van der Waals surface area (Å²) in [5, 5.41) is 3.20. The molecule has 1 saturated heterocycles. The fourth-order valence-electron chi connectivity index (χ4n) is 1.57. The number of rotatable bonds is 3. The van der Waals surface area contributed by atoms with Gasteiger partial charge in [0.05, 0.1) is 12.4 Å². The smallest absolute Gasteiger partial charge is 0.157 e. The van der Waals surface area contributed by atoms with Crippen LogP contribution in [0.15, 0.2) is 24.3 Å². The molecule has 4 nitrogen and oxygen atoms in total. The van der Waals surface area contributed by atoms with Crippen LogP contribution in [0.5, 0.6) is 0 Å². The van der Waals surface area contributed by atoms with Gasteiger partial charge in [0.25, 0.3) is 0 Å². The maximum Gasteiger partial charge on any atom is 0.157 e. The third-order valence-corrected chi connectivity index (χ3v) is 2.87. The van der Waals surface area contributed by atoms with E-state index >= 15 is 0 Å². The van der Waals surface area contributed by atoms with E-state index in [2.05, 4.69) is 5.32 Å². The molecule has 1 aromatic rings. The molecule has 1 aliphatic rings. The summed E-state index contributed by atoms with van der Waals surface area (Å²) in [6.45, 7) is 1.60. The molecular weight excluding hydrogens is 214 g/mol. The molecule has 0 radical (unpaired) electrons. The summed E-state index contributed by atoms with van der Waals surface area (Å²) in [7, 11) is 0. The van der Waals surface area contributed by atoms with Crippen LogP contribution in [0.2, 0.25) is 0 Å². The van der Waals surface area contributed by atoms with E-state index in [1.165, 1.54) is 0 Å². The van der Waals surface area contributed by atoms with Gasteiger partial charge in [-0.2, -0.15) is 0 Å². The predicted octanol–water partition coefficient (Wildman–Crippen LogP) is 1.03. The van der Waals surface area contributed by atoms with Crippen LogP contribution in [0.25, 0.3) is 0 Å². The Balaban J connectivity index is 2.06. The molecule has 82 valence electrons. The Kier molecular flexibility index (Phi) is 3.48. The van der Waals surface area contributed by atoms with E-state index < -0.39 is 11.1 Å². The van der Waals surface area contributed by atoms with Gasteiger partial charge in [0.2, 0.25) is 0 Å². The lowest BCUT2D eigenvalue weighted by Crippen LogP contribution is -2.13. The van der Waals surface area contributed by atoms with Crippen LogP contribution in [0.1, 0.15) is 17.4 Å². The van der Waals surface area contributed by atoms with E-state index in [4.69, 9.17) is 9.29 Å². The molecule has 0 aromatic heterocycles. The van der Waals surface area contributed by atoms with Crippen LogP contribution in [0.3, 0.4) is 0 Å². The molecule has 0 aliphatic carbocycles. The first-order valence-electron chi connectivity index (χ1n) is 4.77. The predicted molar refractivity (Wildman–Crippen MR) is 57.6 cm³/mol. The Morgan fingerprint density at radius 3 is 2.73 bits per heavy atom. The first kappa shape index (κ1) is 10.8. The lowest BCUT2D eigenvalue weighted by molar-refractivity contribution is 0.102. The Morgan fingerprint density at radius 1 is 1.47 bits per heavy atom. The average molecular weight is 227 g/mol. The van der Waals surface area contributed by atoms with E-state index in [0.29, 0.717) is 0 Å². The Bertz CT molecular complexity index is 346. The van der Waals surface area contributed by atoms with Crippen molar-refractivity contribution in [1.29, 1.82) is 0 Å². The number of nitrogens with one attached hydrogen (secondary N) is 1. The molecule has 1 aromatic carbocycles. The lowest BCUT2D eigenvalue weighted by Gasteiger charge is -2.10. The molecular formula is C10H13NO3S. The van der Waals surface area contributed by atoms with Gasteiger partial charge in [-0.15, -0.1) is 0 Å². The maximum absolute atomic E-state index is 10.6. The summed E-state index contributed by atoms with van der Waals surface area (Å²) in [4.78, 5) is 0. The highest BCUT2D eigenvalue weighted by molar-refractivity contribution is 7.78. The van der Waals surface area contributed by atoms with Crippen LogP contribution in [-0.2, 0) is 21.6 Å². The van der Waals surface area contributed by atoms with Crippen LogP contribution < -0.4 is 5.32 Å². The fourth-order valence-corrected chi connectivity index (χ4v) is 2.05. The molecule has 1 unspecified atom stereocenters. The van der Waals surface area contributed by atoms with Crippen LogP contribution in [0, 0.1) is 0 Å². The fraction of sp³-hybridized carbons (Fsp3) is 0.400. The standard InChI is InChI=1S/C10H13NO3S/c12-15(13)7-8-1-3-9(4-2-8)10-11-5-6-14-10/h1-4,10-11H,5-7H2,(H,12,13)/t10-/m1/s1. The molecule has 1 aliphatic heterocycles. The second-order valence-corrected chi connectivity index (χ2v) is 4.34. The summed E-state index contributed by atoms with van der Waals surface area (Å²) in [6.07, 6.45) is -0.0290. The van der Waals surface area contributed by atoms with Crippen molar-refractivity contribution in [1.82, 2.24) is 5.32 Å². The van der Waals surface area contributed by atoms with E-state index in [-0.39, 0.29) is 12.0 Å². The molecule has 1 heterocycles. The molecule has 2 atom stereocenters. The second kappa shape index (κ2) is 4.85. The van der Waals surface area contributed by atoms with Crippen LogP contribution in [-0.4, -0.2) is 21.9 Å². The summed E-state index contributed by atoms with van der Waals surface area (Å²) in [6, 6.07) is 7.55. The SMILES string of the molecule is O=S(O)Cc1ccc([C@@H]2NCCO2)cc1. The van der Waals surface area contributed by atoms with Gasteiger partial charge in [0.15, 0.2) is 11.1 Å². The Morgan fingerprint density at radius 2 is 2.20 bits per heavy atom. The zero-order valence-corrected chi connectivity index (χ0v) is 9.00. The largest absolute Gasteiger partial charge is 0.358 e. The normalized spacial score (nSPS) is 22.9. The Hall–Kier alpha value is -0.750. The Labute approximate surface area is 90.9 Å². The van der Waals surface area contributed by atoms with E-state index in [0.717, 1.165) is 24.3 Å². The van der Waals surface area contributed by atoms with E-state index in [9.17, 15) is 4.21 Å². The van der Waals surface area contributed by atoms with Crippen molar-refractivity contribution >= 4 is 11.1 Å². The summed E-state index contributed by atoms with van der Waals surface area (Å²) >= 11 is -1.77. The third-order valence-electron chi connectivity index (χ3n) is 2.29. The monoisotopic (exact) mass is 227 g/mol. The lowest BCUT2D eigenvalue weighted by atomic mass is 10.1. The topological polar surface area (TPSA) is 58.6 Å². The molecule has 15 heavy (non-hydrogen) atoms. The molecule has 0 bridgehead atoms. The van der Waals surface area contributed by atoms with Crippen molar-refractivity contribution in [2.75, 3.05) is 13.2 Å². The van der Waals surface area contributed by atoms with Gasteiger partial charge < -0.3 is 9.29 Å². The average Bonchev–Trinajstić information content (AvgIpc) is 2.71. The number of hydrogen-bond acceptors (Lipinski definition) is 3. The zero-order chi connectivity index (χ0) is 10.7. The molecule has 5 heteroatoms. The van der Waals surface area contributed by atoms with Crippen molar-refractivity contribution < 1.29 is 13.5 Å². The minimum atomic E-state index is -1.77. The molecule has 1 fully saturated rings. The minimum absolute atomic E-state index is 0.0290. The molecule has 0 amide bonds. The van der Waals surface area contributed by atoms with Gasteiger partial charge in [-0.3, -0.25) is 5.32 Å². The van der Waals surface area contributed by atoms with E-state index in [1.807, 2.05) is 24.3 Å². The number of ether oxygens (including phenoxy) is 1. The van der Waals surface area contributed by atoms with Crippen LogP contribution in [0.4, 0.5) is 0 Å². The first-order chi connectivity index (χ1) is 7.25. The van der Waals surface area contributed by atoms with Gasteiger partial charge in [-0.1, -0.05) is 24.3 Å². The van der Waals surface area contributed by atoms with Crippen LogP contribution >= 0.6 is 0 Å². The summed E-state index contributed by atoms with van der Waals surface area (Å²) in [5.41, 5.74) is 1.91. The molecule has 2 N–H and O–H groups in total. The highest BCUT2D eigenvalue weighted by Gasteiger charge is 2.15. The van der Waals surface area contributed by atoms with E-state index in [1.54, 1.807) is 0 Å². The second-order valence-electron chi connectivity index (χ2n) is 3.41. The van der Waals surface area contributed by atoms with Gasteiger partial charge in [0, 0.05) is 6.54 Å². The summed E-state index contributed by atoms with van der Waals surface area (Å²) in [5.74, 6) is 0.180. The number of hydrogen-bond donors (Lipinski definition) is 2. The quantitative estimate of drug-likeness (QED) is 0.757.